The Morgan fingerprint density at radius 2 is 2.15 bits per heavy atom. The molecule has 1 heterocycles. The monoisotopic (exact) mass is 273 g/mol. The predicted molar refractivity (Wildman–Crippen MR) is 76.7 cm³/mol. The molecule has 0 saturated carbocycles. The summed E-state index contributed by atoms with van der Waals surface area (Å²) in [6, 6.07) is 7.83. The van der Waals surface area contributed by atoms with Crippen molar-refractivity contribution in [2.45, 2.75) is 33.6 Å². The average molecular weight is 273 g/mol. The van der Waals surface area contributed by atoms with Gasteiger partial charge in [-0.15, -0.1) is 0 Å². The maximum Gasteiger partial charge on any atom is 0.376 e. The first-order chi connectivity index (χ1) is 9.52. The molecule has 4 heteroatoms. The van der Waals surface area contributed by atoms with Crippen LogP contribution in [0, 0.1) is 6.92 Å². The van der Waals surface area contributed by atoms with Crippen molar-refractivity contribution in [3.8, 4) is 11.5 Å². The zero-order chi connectivity index (χ0) is 14.7. The molecule has 0 fully saturated rings. The van der Waals surface area contributed by atoms with Crippen LogP contribution in [0.1, 0.15) is 48.5 Å². The molecule has 0 saturated heterocycles. The quantitative estimate of drug-likeness (QED) is 0.791. The van der Waals surface area contributed by atoms with E-state index in [0.717, 1.165) is 11.1 Å². The van der Waals surface area contributed by atoms with Gasteiger partial charge in [-0.1, -0.05) is 31.5 Å². The SMILES string of the molecule is CCOC(=O)c1oc(-c2cccc(C)c2)nc1C(C)C. The van der Waals surface area contributed by atoms with Gasteiger partial charge in [0.2, 0.25) is 11.7 Å². The van der Waals surface area contributed by atoms with Gasteiger partial charge in [0, 0.05) is 5.56 Å². The van der Waals surface area contributed by atoms with Crippen molar-refractivity contribution in [1.29, 1.82) is 0 Å². The van der Waals surface area contributed by atoms with Crippen LogP contribution in [0.4, 0.5) is 0 Å². The molecule has 106 valence electrons. The molecule has 0 unspecified atom stereocenters. The normalized spacial score (nSPS) is 10.8. The van der Waals surface area contributed by atoms with Crippen LogP contribution < -0.4 is 0 Å². The van der Waals surface area contributed by atoms with Crippen LogP contribution in [0.2, 0.25) is 0 Å². The molecule has 0 spiro atoms. The molecule has 0 radical (unpaired) electrons. The van der Waals surface area contributed by atoms with Gasteiger partial charge in [-0.2, -0.15) is 0 Å². The third-order valence-corrected chi connectivity index (χ3v) is 2.93. The van der Waals surface area contributed by atoms with Crippen molar-refractivity contribution in [2.75, 3.05) is 6.61 Å². The summed E-state index contributed by atoms with van der Waals surface area (Å²) in [6.07, 6.45) is 0. The Bertz CT molecular complexity index is 614. The van der Waals surface area contributed by atoms with Crippen LogP contribution in [0.15, 0.2) is 28.7 Å². The molecule has 0 bridgehead atoms. The second kappa shape index (κ2) is 5.90. The van der Waals surface area contributed by atoms with E-state index in [1.807, 2.05) is 45.0 Å². The van der Waals surface area contributed by atoms with Gasteiger partial charge in [-0.3, -0.25) is 0 Å². The molecule has 0 atom stereocenters. The van der Waals surface area contributed by atoms with E-state index in [-0.39, 0.29) is 11.7 Å². The Hall–Kier alpha value is -2.10. The molecule has 2 aromatic rings. The van der Waals surface area contributed by atoms with Gasteiger partial charge in [-0.25, -0.2) is 9.78 Å². The number of esters is 1. The lowest BCUT2D eigenvalue weighted by Crippen LogP contribution is -2.07. The Morgan fingerprint density at radius 3 is 2.75 bits per heavy atom. The van der Waals surface area contributed by atoms with E-state index in [9.17, 15) is 4.79 Å². The third-order valence-electron chi connectivity index (χ3n) is 2.93. The average Bonchev–Trinajstić information content (AvgIpc) is 2.84. The summed E-state index contributed by atoms with van der Waals surface area (Å²) < 4.78 is 10.7. The minimum atomic E-state index is -0.456. The van der Waals surface area contributed by atoms with Crippen LogP contribution in [-0.2, 0) is 4.74 Å². The fourth-order valence-corrected chi connectivity index (χ4v) is 1.97. The molecule has 0 N–H and O–H groups in total. The van der Waals surface area contributed by atoms with Gasteiger partial charge in [0.15, 0.2) is 0 Å². The molecule has 0 aliphatic carbocycles. The maximum atomic E-state index is 11.9. The van der Waals surface area contributed by atoms with Gasteiger partial charge in [-0.05, 0) is 31.9 Å². The number of nitrogens with zero attached hydrogens (tertiary/aromatic N) is 1. The van der Waals surface area contributed by atoms with E-state index in [0.29, 0.717) is 18.2 Å². The standard InChI is InChI=1S/C16H19NO3/c1-5-19-16(18)14-13(10(2)3)17-15(20-14)12-8-6-7-11(4)9-12/h6-10H,5H2,1-4H3. The fourth-order valence-electron chi connectivity index (χ4n) is 1.97. The van der Waals surface area contributed by atoms with Gasteiger partial charge in [0.1, 0.15) is 0 Å². The van der Waals surface area contributed by atoms with Crippen molar-refractivity contribution in [3.63, 3.8) is 0 Å². The predicted octanol–water partition coefficient (Wildman–Crippen LogP) is 3.95. The summed E-state index contributed by atoms with van der Waals surface area (Å²) in [6.45, 7) is 8.03. The summed E-state index contributed by atoms with van der Waals surface area (Å²) in [5.74, 6) is 0.304. The molecular formula is C16H19NO3. The second-order valence-electron chi connectivity index (χ2n) is 4.98. The first-order valence-electron chi connectivity index (χ1n) is 6.77. The Balaban J connectivity index is 2.46. The highest BCUT2D eigenvalue weighted by Gasteiger charge is 2.24. The Labute approximate surface area is 118 Å². The number of aryl methyl sites for hydroxylation is 1. The smallest absolute Gasteiger partial charge is 0.376 e. The van der Waals surface area contributed by atoms with Gasteiger partial charge < -0.3 is 9.15 Å². The van der Waals surface area contributed by atoms with Crippen LogP contribution in [0.5, 0.6) is 0 Å². The topological polar surface area (TPSA) is 52.3 Å². The van der Waals surface area contributed by atoms with E-state index in [4.69, 9.17) is 9.15 Å². The molecule has 1 aromatic heterocycles. The molecule has 2 rings (SSSR count). The lowest BCUT2D eigenvalue weighted by atomic mass is 10.1. The first kappa shape index (κ1) is 14.3. The summed E-state index contributed by atoms with van der Waals surface area (Å²) >= 11 is 0. The molecule has 20 heavy (non-hydrogen) atoms. The van der Waals surface area contributed by atoms with Crippen LogP contribution in [-0.4, -0.2) is 17.6 Å². The Morgan fingerprint density at radius 1 is 1.40 bits per heavy atom. The van der Waals surface area contributed by atoms with Crippen LogP contribution >= 0.6 is 0 Å². The van der Waals surface area contributed by atoms with Crippen molar-refractivity contribution in [1.82, 2.24) is 4.98 Å². The van der Waals surface area contributed by atoms with Crippen LogP contribution in [0.3, 0.4) is 0 Å². The number of ether oxygens (including phenoxy) is 1. The van der Waals surface area contributed by atoms with Crippen molar-refractivity contribution in [2.24, 2.45) is 0 Å². The Kier molecular flexibility index (Phi) is 4.23. The summed E-state index contributed by atoms with van der Waals surface area (Å²) in [4.78, 5) is 16.4. The number of hydrogen-bond donors (Lipinski definition) is 0. The molecule has 1 aromatic carbocycles. The minimum absolute atomic E-state index is 0.0942. The van der Waals surface area contributed by atoms with Gasteiger partial charge >= 0.3 is 5.97 Å². The number of hydrogen-bond acceptors (Lipinski definition) is 4. The zero-order valence-electron chi connectivity index (χ0n) is 12.3. The molecule has 0 amide bonds. The van der Waals surface area contributed by atoms with E-state index in [2.05, 4.69) is 4.98 Å². The highest BCUT2D eigenvalue weighted by atomic mass is 16.5. The summed E-state index contributed by atoms with van der Waals surface area (Å²) in [5.41, 5.74) is 2.62. The first-order valence-corrected chi connectivity index (χ1v) is 6.77. The van der Waals surface area contributed by atoms with E-state index in [1.165, 1.54) is 0 Å². The summed E-state index contributed by atoms with van der Waals surface area (Å²) in [5, 5.41) is 0. The van der Waals surface area contributed by atoms with Crippen molar-refractivity contribution >= 4 is 5.97 Å². The largest absolute Gasteiger partial charge is 0.460 e. The van der Waals surface area contributed by atoms with Crippen LogP contribution in [0.25, 0.3) is 11.5 Å². The molecular weight excluding hydrogens is 254 g/mol. The molecule has 0 aliphatic heterocycles. The van der Waals surface area contributed by atoms with E-state index in [1.54, 1.807) is 6.92 Å². The van der Waals surface area contributed by atoms with E-state index >= 15 is 0 Å². The molecule has 4 nitrogen and oxygen atoms in total. The second-order valence-corrected chi connectivity index (χ2v) is 4.98. The fraction of sp³-hybridized carbons (Fsp3) is 0.375. The highest BCUT2D eigenvalue weighted by molar-refractivity contribution is 5.88. The third kappa shape index (κ3) is 2.90. The van der Waals surface area contributed by atoms with Gasteiger partial charge in [0.25, 0.3) is 0 Å². The number of carbonyl (C=O) groups excluding carboxylic acids is 1. The number of benzene rings is 1. The highest BCUT2D eigenvalue weighted by Crippen LogP contribution is 2.27. The summed E-state index contributed by atoms with van der Waals surface area (Å²) in [7, 11) is 0. The molecule has 0 aliphatic rings. The van der Waals surface area contributed by atoms with Crippen molar-refractivity contribution < 1.29 is 13.9 Å². The number of carbonyl (C=O) groups is 1. The van der Waals surface area contributed by atoms with Gasteiger partial charge in [0.05, 0.1) is 12.3 Å². The maximum absolute atomic E-state index is 11.9. The zero-order valence-corrected chi connectivity index (χ0v) is 12.3. The lowest BCUT2D eigenvalue weighted by Gasteiger charge is -2.02. The number of aromatic nitrogens is 1. The number of rotatable bonds is 4. The van der Waals surface area contributed by atoms with Crippen molar-refractivity contribution in [3.05, 3.63) is 41.3 Å². The number of oxazole rings is 1. The lowest BCUT2D eigenvalue weighted by molar-refractivity contribution is 0.0488. The van der Waals surface area contributed by atoms with E-state index < -0.39 is 5.97 Å². The minimum Gasteiger partial charge on any atom is -0.460 e.